The van der Waals surface area contributed by atoms with Crippen molar-refractivity contribution >= 4 is 5.91 Å². The van der Waals surface area contributed by atoms with Gasteiger partial charge in [-0.25, -0.2) is 4.39 Å². The van der Waals surface area contributed by atoms with E-state index in [1.807, 2.05) is 30.3 Å². The maximum atomic E-state index is 14.3. The highest BCUT2D eigenvalue weighted by Gasteiger charge is 2.30. The molecule has 1 fully saturated rings. The van der Waals surface area contributed by atoms with E-state index in [0.717, 1.165) is 43.9 Å². The summed E-state index contributed by atoms with van der Waals surface area (Å²) < 4.78 is 14.3. The lowest BCUT2D eigenvalue weighted by molar-refractivity contribution is 0.0521. The van der Waals surface area contributed by atoms with Crippen LogP contribution in [0.2, 0.25) is 0 Å². The van der Waals surface area contributed by atoms with Gasteiger partial charge in [-0.15, -0.1) is 0 Å². The Hall–Kier alpha value is -2.24. The smallest absolute Gasteiger partial charge is 0.254 e. The van der Waals surface area contributed by atoms with E-state index in [1.54, 1.807) is 12.1 Å². The molecule has 0 spiro atoms. The molecule has 1 amide bonds. The van der Waals surface area contributed by atoms with Gasteiger partial charge in [-0.05, 0) is 43.7 Å². The minimum absolute atomic E-state index is 0.0907. The minimum atomic E-state index is -0.494. The topological polar surface area (TPSA) is 35.6 Å². The van der Waals surface area contributed by atoms with Crippen molar-refractivity contribution in [3.63, 3.8) is 0 Å². The summed E-state index contributed by atoms with van der Waals surface area (Å²) in [6.45, 7) is 12.0. The van der Waals surface area contributed by atoms with E-state index < -0.39 is 5.82 Å². The van der Waals surface area contributed by atoms with E-state index in [-0.39, 0.29) is 17.0 Å². The van der Waals surface area contributed by atoms with Crippen molar-refractivity contribution in [1.29, 1.82) is 0 Å². The quantitative estimate of drug-likeness (QED) is 0.827. The molecule has 1 N–H and O–H groups in total. The predicted octanol–water partition coefficient (Wildman–Crippen LogP) is 3.64. The summed E-state index contributed by atoms with van der Waals surface area (Å²) in [4.78, 5) is 17.5. The summed E-state index contributed by atoms with van der Waals surface area (Å²) in [5.41, 5.74) is 1.71. The highest BCUT2D eigenvalue weighted by molar-refractivity contribution is 5.95. The lowest BCUT2D eigenvalue weighted by Crippen LogP contribution is -2.58. The van der Waals surface area contributed by atoms with Crippen LogP contribution in [-0.2, 0) is 0 Å². The Bertz CT molecular complexity index is 799. The van der Waals surface area contributed by atoms with Gasteiger partial charge >= 0.3 is 0 Å². The second kappa shape index (κ2) is 8.84. The summed E-state index contributed by atoms with van der Waals surface area (Å²) in [6, 6.07) is 14.4. The van der Waals surface area contributed by atoms with E-state index in [9.17, 15) is 9.18 Å². The second-order valence-corrected chi connectivity index (χ2v) is 7.98. The summed E-state index contributed by atoms with van der Waals surface area (Å²) in [5.74, 6) is -0.859. The zero-order valence-electron chi connectivity index (χ0n) is 17.0. The van der Waals surface area contributed by atoms with E-state index >= 15 is 0 Å². The van der Waals surface area contributed by atoms with Gasteiger partial charge in [-0.1, -0.05) is 43.3 Å². The number of carbonyl (C=O) groups excluding carboxylic acids is 1. The molecule has 1 heterocycles. The minimum Gasteiger partial charge on any atom is -0.350 e. The molecule has 1 saturated heterocycles. The van der Waals surface area contributed by atoms with Gasteiger partial charge in [0.15, 0.2) is 0 Å². The molecule has 0 aliphatic carbocycles. The highest BCUT2D eigenvalue weighted by Crippen LogP contribution is 2.22. The van der Waals surface area contributed by atoms with Gasteiger partial charge in [-0.3, -0.25) is 9.69 Å². The number of amides is 1. The van der Waals surface area contributed by atoms with Gasteiger partial charge in [0.2, 0.25) is 0 Å². The lowest BCUT2D eigenvalue weighted by atomic mass is 10.00. The summed E-state index contributed by atoms with van der Waals surface area (Å²) >= 11 is 0. The first-order chi connectivity index (χ1) is 13.4. The number of carbonyl (C=O) groups is 1. The van der Waals surface area contributed by atoms with E-state index in [2.05, 4.69) is 35.9 Å². The van der Waals surface area contributed by atoms with Gasteiger partial charge in [0.1, 0.15) is 5.82 Å². The van der Waals surface area contributed by atoms with Crippen LogP contribution in [0.3, 0.4) is 0 Å². The number of rotatable bonds is 6. The molecule has 1 aliphatic heterocycles. The first kappa shape index (κ1) is 20.5. The number of halogens is 1. The Labute approximate surface area is 167 Å². The Kier molecular flexibility index (Phi) is 6.47. The number of likely N-dealkylation sites (N-methyl/N-ethyl adjacent to an activating group) is 1. The Morgan fingerprint density at radius 1 is 1.04 bits per heavy atom. The van der Waals surface area contributed by atoms with Gasteiger partial charge < -0.3 is 10.2 Å². The second-order valence-electron chi connectivity index (χ2n) is 7.98. The average Bonchev–Trinajstić information content (AvgIpc) is 2.73. The van der Waals surface area contributed by atoms with Crippen LogP contribution in [0.1, 0.15) is 31.1 Å². The van der Waals surface area contributed by atoms with Crippen LogP contribution >= 0.6 is 0 Å². The van der Waals surface area contributed by atoms with E-state index in [1.165, 1.54) is 6.07 Å². The molecule has 1 aliphatic rings. The molecule has 28 heavy (non-hydrogen) atoms. The normalized spacial score (nSPS) is 16.1. The highest BCUT2D eigenvalue weighted by atomic mass is 19.1. The van der Waals surface area contributed by atoms with Crippen LogP contribution in [0.15, 0.2) is 48.5 Å². The summed E-state index contributed by atoms with van der Waals surface area (Å²) in [6.07, 6.45) is 0. The Balaban J connectivity index is 1.66. The monoisotopic (exact) mass is 383 g/mol. The molecule has 0 bridgehead atoms. The molecule has 0 atom stereocenters. The zero-order valence-corrected chi connectivity index (χ0v) is 17.0. The van der Waals surface area contributed by atoms with Crippen molar-refractivity contribution < 1.29 is 9.18 Å². The van der Waals surface area contributed by atoms with Crippen molar-refractivity contribution in [2.24, 2.45) is 0 Å². The maximum absolute atomic E-state index is 14.3. The van der Waals surface area contributed by atoms with Crippen LogP contribution in [0, 0.1) is 5.82 Å². The van der Waals surface area contributed by atoms with E-state index in [0.29, 0.717) is 6.54 Å². The van der Waals surface area contributed by atoms with Gasteiger partial charge in [0, 0.05) is 38.3 Å². The van der Waals surface area contributed by atoms with Crippen molar-refractivity contribution in [3.05, 3.63) is 59.9 Å². The van der Waals surface area contributed by atoms with Crippen LogP contribution in [-0.4, -0.2) is 60.5 Å². The molecular weight excluding hydrogens is 353 g/mol. The maximum Gasteiger partial charge on any atom is 0.254 e. The molecule has 2 aromatic rings. The first-order valence-corrected chi connectivity index (χ1v) is 10.0. The molecule has 0 aromatic heterocycles. The molecule has 0 saturated carbocycles. The fourth-order valence-electron chi connectivity index (χ4n) is 3.68. The summed E-state index contributed by atoms with van der Waals surface area (Å²) in [7, 11) is 0. The standard InChI is InChI=1S/C23H30FN3O/c1-4-26-12-14-27(15-13-26)23(2,3)17-25-22(28)20-16-19(10-11-21(20)24)18-8-6-5-7-9-18/h5-11,16H,4,12-15,17H2,1-3H3,(H,25,28). The molecule has 3 rings (SSSR count). The average molecular weight is 384 g/mol. The molecule has 4 nitrogen and oxygen atoms in total. The van der Waals surface area contributed by atoms with Crippen LogP contribution < -0.4 is 5.32 Å². The van der Waals surface area contributed by atoms with Crippen LogP contribution in [0.4, 0.5) is 4.39 Å². The molecule has 5 heteroatoms. The number of hydrogen-bond acceptors (Lipinski definition) is 3. The first-order valence-electron chi connectivity index (χ1n) is 10.0. The fourth-order valence-corrected chi connectivity index (χ4v) is 3.68. The van der Waals surface area contributed by atoms with Crippen molar-refractivity contribution in [2.45, 2.75) is 26.3 Å². The van der Waals surface area contributed by atoms with Gasteiger partial charge in [0.25, 0.3) is 5.91 Å². The third-order valence-corrected chi connectivity index (χ3v) is 5.68. The van der Waals surface area contributed by atoms with Crippen LogP contribution in [0.5, 0.6) is 0 Å². The molecular formula is C23H30FN3O. The molecule has 0 radical (unpaired) electrons. The molecule has 2 aromatic carbocycles. The number of benzene rings is 2. The third kappa shape index (κ3) is 4.78. The number of piperazine rings is 1. The lowest BCUT2D eigenvalue weighted by Gasteiger charge is -2.44. The number of nitrogens with one attached hydrogen (secondary N) is 1. The fraction of sp³-hybridized carbons (Fsp3) is 0.435. The Morgan fingerprint density at radius 3 is 2.36 bits per heavy atom. The SMILES string of the molecule is CCN1CCN(C(C)(C)CNC(=O)c2cc(-c3ccccc3)ccc2F)CC1. The number of hydrogen-bond donors (Lipinski definition) is 1. The summed E-state index contributed by atoms with van der Waals surface area (Å²) in [5, 5.41) is 2.95. The van der Waals surface area contributed by atoms with Crippen molar-refractivity contribution in [3.8, 4) is 11.1 Å². The number of nitrogens with zero attached hydrogens (tertiary/aromatic N) is 2. The third-order valence-electron chi connectivity index (χ3n) is 5.68. The van der Waals surface area contributed by atoms with Gasteiger partial charge in [-0.2, -0.15) is 0 Å². The molecule has 0 unspecified atom stereocenters. The van der Waals surface area contributed by atoms with Crippen molar-refractivity contribution in [1.82, 2.24) is 15.1 Å². The van der Waals surface area contributed by atoms with Crippen LogP contribution in [0.25, 0.3) is 11.1 Å². The van der Waals surface area contributed by atoms with Crippen molar-refractivity contribution in [2.75, 3.05) is 39.3 Å². The Morgan fingerprint density at radius 2 is 1.71 bits per heavy atom. The largest absolute Gasteiger partial charge is 0.350 e. The zero-order chi connectivity index (χ0) is 20.1. The van der Waals surface area contributed by atoms with Gasteiger partial charge in [0.05, 0.1) is 5.56 Å². The van der Waals surface area contributed by atoms with E-state index in [4.69, 9.17) is 0 Å². The molecule has 150 valence electrons. The predicted molar refractivity (Wildman–Crippen MR) is 112 cm³/mol.